The molecule has 0 amide bonds. The van der Waals surface area contributed by atoms with Crippen LogP contribution in [0.4, 0.5) is 56.9 Å². The summed E-state index contributed by atoms with van der Waals surface area (Å²) < 4.78 is 67.9. The molecule has 0 saturated heterocycles. The van der Waals surface area contributed by atoms with Crippen LogP contribution in [0.3, 0.4) is 0 Å². The Hall–Kier alpha value is -4.52. The smallest absolute Gasteiger partial charge is 0.141 e. The molecule has 0 radical (unpaired) electrons. The van der Waals surface area contributed by atoms with Crippen molar-refractivity contribution in [3.63, 3.8) is 0 Å². The maximum absolute atomic E-state index is 8.49. The van der Waals surface area contributed by atoms with E-state index in [1.54, 1.807) is 0 Å². The fourth-order valence-corrected chi connectivity index (χ4v) is 7.51. The van der Waals surface area contributed by atoms with Gasteiger partial charge in [0.05, 0.1) is 0 Å². The zero-order chi connectivity index (χ0) is 46.0. The van der Waals surface area contributed by atoms with Gasteiger partial charge >= 0.3 is 0 Å². The lowest BCUT2D eigenvalue weighted by Crippen LogP contribution is -2.97. The predicted octanol–water partition coefficient (Wildman–Crippen LogP) is -0.0810. The molecule has 16 heteroatoms. The second-order valence-corrected chi connectivity index (χ2v) is 15.5. The molecule has 0 unspecified atom stereocenters. The van der Waals surface area contributed by atoms with Gasteiger partial charge < -0.3 is 19.6 Å². The van der Waals surface area contributed by atoms with Gasteiger partial charge in [-0.1, -0.05) is 0 Å². The van der Waals surface area contributed by atoms with Gasteiger partial charge in [0.25, 0.3) is 0 Å². The van der Waals surface area contributed by atoms with Crippen LogP contribution in [0.25, 0.3) is 0 Å². The van der Waals surface area contributed by atoms with E-state index in [2.05, 4.69) is 196 Å². The summed E-state index contributed by atoms with van der Waals surface area (Å²) >= 11 is 0. The van der Waals surface area contributed by atoms with Crippen LogP contribution in [-0.4, -0.2) is 52.4 Å². The largest absolute Gasteiger partial charge is 0.372 e. The van der Waals surface area contributed by atoms with Gasteiger partial charge in [0.2, 0.25) is 0 Å². The highest BCUT2D eigenvalue weighted by molar-refractivity contribution is 5.59. The molecule has 0 saturated carbocycles. The summed E-state index contributed by atoms with van der Waals surface area (Å²) in [6.07, 6.45) is 0. The van der Waals surface area contributed by atoms with E-state index in [4.69, 9.17) is 37.3 Å². The Labute approximate surface area is 371 Å². The molecule has 62 heavy (non-hydrogen) atoms. The van der Waals surface area contributed by atoms with Gasteiger partial charge in [0.15, 0.2) is 0 Å². The minimum atomic E-state index is -4.94. The van der Waals surface area contributed by atoms with Crippen molar-refractivity contribution < 1.29 is 67.6 Å². The topological polar surface area (TPSA) is 206 Å². The van der Waals surface area contributed by atoms with E-state index >= 15 is 0 Å². The molecule has 0 aromatic heterocycles. The number of halogens is 2. The molecule has 5 rings (SSSR count). The minimum Gasteiger partial charge on any atom is -0.372 e. The fraction of sp³-hybridized carbons (Fsp3) is 0.348. The third-order valence-electron chi connectivity index (χ3n) is 10.6. The van der Waals surface area contributed by atoms with E-state index in [-0.39, 0.29) is 0 Å². The number of nitrogens with zero attached hydrogens (tertiary/aromatic N) is 4. The van der Waals surface area contributed by atoms with Crippen molar-refractivity contribution >= 4 is 56.9 Å². The minimum absolute atomic E-state index is 0.996. The number of nitrogens with one attached hydrogen (secondary N) is 2. The Balaban J connectivity index is 0.000000918. The number of hydrogen-bond acceptors (Lipinski definition) is 12. The number of rotatable bonds is 18. The maximum atomic E-state index is 8.49. The summed E-state index contributed by atoms with van der Waals surface area (Å²) in [4.78, 5) is 12.1. The Kier molecular flexibility index (Phi) is 20.9. The normalized spacial score (nSPS) is 11.4. The van der Waals surface area contributed by atoms with Gasteiger partial charge in [-0.15, -0.1) is 20.5 Å². The van der Waals surface area contributed by atoms with Crippen molar-refractivity contribution in [3.05, 3.63) is 121 Å². The molecule has 0 atom stereocenters. The number of anilines is 4. The van der Waals surface area contributed by atoms with Crippen LogP contribution in [-0.2, 0) is 0 Å². The lowest BCUT2D eigenvalue weighted by Gasteiger charge is -2.25. The van der Waals surface area contributed by atoms with E-state index in [1.165, 1.54) is 66.7 Å². The molecule has 0 aliphatic heterocycles. The molecule has 0 bridgehead atoms. The maximum Gasteiger partial charge on any atom is 0.141 e. The molecule has 0 heterocycles. The van der Waals surface area contributed by atoms with Gasteiger partial charge in [-0.25, -0.2) is 47.1 Å². The second kappa shape index (κ2) is 24.9. The Morgan fingerprint density at radius 2 is 0.387 bits per heavy atom. The summed E-state index contributed by atoms with van der Waals surface area (Å²) in [6.45, 7) is 25.7. The van der Waals surface area contributed by atoms with Crippen LogP contribution in [0, 0.1) is 20.5 Å². The first-order chi connectivity index (χ1) is 29.4. The molecular weight excluding hydrogens is 835 g/mol. The predicted molar refractivity (Wildman–Crippen MR) is 226 cm³/mol. The van der Waals surface area contributed by atoms with Crippen molar-refractivity contribution in [1.29, 1.82) is 0 Å². The molecule has 14 nitrogen and oxygen atoms in total. The molecule has 0 spiro atoms. The van der Waals surface area contributed by atoms with Crippen LogP contribution < -0.4 is 66.7 Å². The molecule has 5 aromatic carbocycles. The van der Waals surface area contributed by atoms with E-state index < -0.39 is 20.5 Å². The van der Waals surface area contributed by atoms with Crippen LogP contribution in [0.5, 0.6) is 0 Å². The van der Waals surface area contributed by atoms with Crippen LogP contribution >= 0.6 is 0 Å². The van der Waals surface area contributed by atoms with E-state index in [1.807, 2.05) is 0 Å². The van der Waals surface area contributed by atoms with Crippen LogP contribution in [0.15, 0.2) is 121 Å². The average Bonchev–Trinajstić information content (AvgIpc) is 3.24. The summed E-state index contributed by atoms with van der Waals surface area (Å²) in [7, 11) is -9.89. The summed E-state index contributed by atoms with van der Waals surface area (Å²) in [5.74, 6) is 0. The molecule has 5 aromatic rings. The van der Waals surface area contributed by atoms with Crippen LogP contribution in [0.2, 0.25) is 0 Å². The summed E-state index contributed by atoms with van der Waals surface area (Å²) in [5, 5.41) is 0. The first kappa shape index (κ1) is 51.8. The quantitative estimate of drug-likeness (QED) is 0.119. The van der Waals surface area contributed by atoms with Crippen molar-refractivity contribution in [2.24, 2.45) is 0 Å². The van der Waals surface area contributed by atoms with Gasteiger partial charge in [-0.05, 0) is 104 Å². The molecule has 0 aliphatic rings. The highest BCUT2D eigenvalue weighted by Crippen LogP contribution is 2.26. The first-order valence-electron chi connectivity index (χ1n) is 20.9. The summed E-state index contributed by atoms with van der Waals surface area (Å²) in [5.41, 5.74) is 12.4. The number of benzene rings is 5. The Morgan fingerprint density at radius 3 is 0.500 bits per heavy atom. The first-order valence-corrected chi connectivity index (χ1v) is 23.4. The average molecular weight is 898 g/mol. The lowest BCUT2D eigenvalue weighted by molar-refractivity contribution is -2.00. The van der Waals surface area contributed by atoms with E-state index in [0.717, 1.165) is 52.4 Å². The highest BCUT2D eigenvalue weighted by Gasteiger charge is 2.24. The molecule has 2 N–H and O–H groups in total. The second-order valence-electron chi connectivity index (χ2n) is 14.0. The Bertz CT molecular complexity index is 1720. The SMILES string of the molecule is CCN(CC)c1ccc([NH+](c2ccc(N(CC)CC)cc2)c2ccc([NH+](c3ccc(N(CC)CC)cc3)c3ccc(N(CC)CC)cc3)cc2)cc1.[O-][Cl+3]([O-])([O-])[O-].[O-][Cl+3]([O-])([O-])[O-]. The van der Waals surface area contributed by atoms with E-state index in [9.17, 15) is 0 Å². The van der Waals surface area contributed by atoms with Gasteiger partial charge in [0.1, 0.15) is 34.1 Å². The van der Waals surface area contributed by atoms with Gasteiger partial charge in [-0.3, -0.25) is 0 Å². The zero-order valence-electron chi connectivity index (χ0n) is 37.0. The van der Waals surface area contributed by atoms with Crippen molar-refractivity contribution in [2.45, 2.75) is 55.4 Å². The molecule has 338 valence electrons. The molecule has 0 aliphatic carbocycles. The van der Waals surface area contributed by atoms with Crippen molar-refractivity contribution in [2.75, 3.05) is 72.0 Å². The Morgan fingerprint density at radius 1 is 0.274 bits per heavy atom. The monoisotopic (exact) mass is 896 g/mol. The lowest BCUT2D eigenvalue weighted by atomic mass is 10.1. The molecular formula is C46H62Cl2N6O8. The fourth-order valence-electron chi connectivity index (χ4n) is 7.51. The highest BCUT2D eigenvalue weighted by atomic mass is 35.7. The summed E-state index contributed by atoms with van der Waals surface area (Å²) in [6, 6.07) is 45.8. The van der Waals surface area contributed by atoms with Crippen molar-refractivity contribution in [3.8, 4) is 0 Å². The third kappa shape index (κ3) is 16.0. The van der Waals surface area contributed by atoms with Gasteiger partial charge in [0, 0.05) is 148 Å². The standard InChI is InChI=1S/C46H60N6.2ClHO4/c1-9-47(10-2)37-17-25-41(26-18-37)51(42-27-19-38(20-28-42)48(11-3)12-4)45-33-35-46(36-34-45)52(43-29-21-39(22-30-43)49(13-5)14-6)44-31-23-40(24-32-44)50(15-7)16-8;2*2-1(3,4)5/h17-36H,9-16H2,1-8H3;2*(H,2,3,4,5). The third-order valence-corrected chi connectivity index (χ3v) is 10.6. The zero-order valence-corrected chi connectivity index (χ0v) is 38.5. The van der Waals surface area contributed by atoms with E-state index in [0.29, 0.717) is 0 Å². The van der Waals surface area contributed by atoms with Crippen molar-refractivity contribution in [1.82, 2.24) is 0 Å². The molecule has 0 fully saturated rings. The number of quaternary nitrogens is 2. The van der Waals surface area contributed by atoms with Crippen LogP contribution in [0.1, 0.15) is 55.4 Å². The van der Waals surface area contributed by atoms with Gasteiger partial charge in [-0.2, -0.15) is 0 Å². The number of hydrogen-bond donors (Lipinski definition) is 2.